The number of thiazole rings is 1. The summed E-state index contributed by atoms with van der Waals surface area (Å²) in [6.45, 7) is 0. The number of sulfonamides is 1. The van der Waals surface area contributed by atoms with Gasteiger partial charge in [-0.15, -0.1) is 11.3 Å². The van der Waals surface area contributed by atoms with E-state index in [9.17, 15) is 8.42 Å². The van der Waals surface area contributed by atoms with E-state index in [0.29, 0.717) is 15.8 Å². The summed E-state index contributed by atoms with van der Waals surface area (Å²) >= 11 is 7.38. The third-order valence-electron chi connectivity index (χ3n) is 4.83. The van der Waals surface area contributed by atoms with Gasteiger partial charge in [-0.25, -0.2) is 18.4 Å². The van der Waals surface area contributed by atoms with E-state index in [-0.39, 0.29) is 4.90 Å². The summed E-state index contributed by atoms with van der Waals surface area (Å²) in [6, 6.07) is 19.8. The predicted octanol–water partition coefficient (Wildman–Crippen LogP) is 6.05. The van der Waals surface area contributed by atoms with E-state index in [1.54, 1.807) is 29.9 Å². The van der Waals surface area contributed by atoms with Crippen molar-refractivity contribution in [2.24, 2.45) is 4.99 Å². The fourth-order valence-corrected chi connectivity index (χ4v) is 5.29. The average molecular weight is 479 g/mol. The highest BCUT2D eigenvalue weighted by Crippen LogP contribution is 2.28. The molecule has 0 aliphatic heterocycles. The number of pyridine rings is 1. The molecule has 0 aliphatic carbocycles. The van der Waals surface area contributed by atoms with Gasteiger partial charge in [0, 0.05) is 39.2 Å². The second-order valence-electron chi connectivity index (χ2n) is 6.90. The van der Waals surface area contributed by atoms with Gasteiger partial charge in [0.2, 0.25) is 0 Å². The van der Waals surface area contributed by atoms with Gasteiger partial charge in [0.1, 0.15) is 0 Å². The van der Waals surface area contributed by atoms with E-state index in [0.717, 1.165) is 27.4 Å². The molecular weight excluding hydrogens is 464 g/mol. The van der Waals surface area contributed by atoms with Crippen LogP contribution in [0.5, 0.6) is 0 Å². The molecule has 1 N–H and O–H groups in total. The normalized spacial score (nSPS) is 12.0. The Hall–Kier alpha value is -3.33. The lowest BCUT2D eigenvalue weighted by Gasteiger charge is -2.08. The van der Waals surface area contributed by atoms with Crippen LogP contribution in [0.1, 0.15) is 5.56 Å². The van der Waals surface area contributed by atoms with Crippen LogP contribution < -0.4 is 4.72 Å². The third kappa shape index (κ3) is 4.08. The number of aromatic nitrogens is 2. The van der Waals surface area contributed by atoms with Crippen molar-refractivity contribution >= 4 is 71.8 Å². The maximum Gasteiger partial charge on any atom is 0.263 e. The van der Waals surface area contributed by atoms with Gasteiger partial charge >= 0.3 is 0 Å². The maximum absolute atomic E-state index is 12.5. The van der Waals surface area contributed by atoms with Gasteiger partial charge in [0.05, 0.1) is 21.6 Å². The lowest BCUT2D eigenvalue weighted by molar-refractivity contribution is 0.601. The zero-order valence-electron chi connectivity index (χ0n) is 16.4. The third-order valence-corrected chi connectivity index (χ3v) is 7.24. The summed E-state index contributed by atoms with van der Waals surface area (Å²) < 4.78 is 27.5. The first kappa shape index (κ1) is 20.6. The molecule has 2 heterocycles. The van der Waals surface area contributed by atoms with Crippen molar-refractivity contribution in [2.45, 2.75) is 4.90 Å². The highest BCUT2D eigenvalue weighted by Gasteiger charge is 2.15. The zero-order valence-corrected chi connectivity index (χ0v) is 18.8. The van der Waals surface area contributed by atoms with Crippen LogP contribution in [0.25, 0.3) is 21.8 Å². The summed E-state index contributed by atoms with van der Waals surface area (Å²) in [4.78, 5) is 13.4. The Balaban J connectivity index is 1.50. The van der Waals surface area contributed by atoms with Gasteiger partial charge in [0.15, 0.2) is 5.13 Å². The minimum Gasteiger partial charge on any atom is -0.256 e. The predicted molar refractivity (Wildman–Crippen MR) is 131 cm³/mol. The van der Waals surface area contributed by atoms with Crippen molar-refractivity contribution in [1.82, 2.24) is 9.97 Å². The summed E-state index contributed by atoms with van der Waals surface area (Å²) in [6.07, 6.45) is 3.32. The number of aliphatic imine (C=N–C) groups is 1. The van der Waals surface area contributed by atoms with Crippen LogP contribution in [-0.4, -0.2) is 24.6 Å². The molecule has 32 heavy (non-hydrogen) atoms. The molecule has 0 unspecified atom stereocenters. The summed E-state index contributed by atoms with van der Waals surface area (Å²) in [7, 11) is -3.70. The molecule has 2 aromatic heterocycles. The van der Waals surface area contributed by atoms with Crippen LogP contribution in [0.4, 0.5) is 10.8 Å². The molecule has 0 spiro atoms. The maximum atomic E-state index is 12.5. The van der Waals surface area contributed by atoms with E-state index < -0.39 is 10.0 Å². The number of hydrogen-bond acceptors (Lipinski definition) is 6. The van der Waals surface area contributed by atoms with Gasteiger partial charge in [-0.1, -0.05) is 35.9 Å². The molecule has 6 nitrogen and oxygen atoms in total. The van der Waals surface area contributed by atoms with Gasteiger partial charge < -0.3 is 0 Å². The first-order chi connectivity index (χ1) is 15.5. The second-order valence-corrected chi connectivity index (χ2v) is 9.91. The monoisotopic (exact) mass is 478 g/mol. The number of para-hydroxylation sites is 1. The highest BCUT2D eigenvalue weighted by atomic mass is 35.5. The molecule has 0 aliphatic rings. The van der Waals surface area contributed by atoms with Gasteiger partial charge in [-0.2, -0.15) is 0 Å². The number of hydrogen-bond donors (Lipinski definition) is 1. The molecule has 0 radical (unpaired) electrons. The molecule has 0 fully saturated rings. The first-order valence-corrected chi connectivity index (χ1v) is 12.3. The Morgan fingerprint density at radius 3 is 2.53 bits per heavy atom. The molecule has 5 aromatic rings. The Morgan fingerprint density at radius 2 is 1.75 bits per heavy atom. The topological polar surface area (TPSA) is 84.3 Å². The summed E-state index contributed by atoms with van der Waals surface area (Å²) in [5.41, 5.74) is 3.18. The number of halogens is 1. The van der Waals surface area contributed by atoms with Crippen molar-refractivity contribution in [1.29, 1.82) is 0 Å². The fourth-order valence-electron chi connectivity index (χ4n) is 3.34. The minimum absolute atomic E-state index is 0.140. The van der Waals surface area contributed by atoms with E-state index in [1.165, 1.54) is 23.5 Å². The number of fused-ring (bicyclic) bond motifs is 2. The minimum atomic E-state index is -3.70. The summed E-state index contributed by atoms with van der Waals surface area (Å²) in [5, 5.41) is 4.55. The molecule has 0 saturated heterocycles. The standard InChI is InChI=1S/C23H15ClN4O2S2/c24-15-5-10-19-20(18-3-1-2-4-21(18)27-22(19)13-15)14-26-16-6-8-17(9-7-16)32(29,30)28-23-25-11-12-31-23/h1-14H,(H,25,28). The molecule has 0 saturated carbocycles. The van der Waals surface area contributed by atoms with Crippen LogP contribution in [0, 0.1) is 0 Å². The Bertz CT molecular complexity index is 1570. The lowest BCUT2D eigenvalue weighted by atomic mass is 10.0. The molecule has 5 rings (SSSR count). The van der Waals surface area contributed by atoms with Crippen LogP contribution in [0.15, 0.2) is 88.2 Å². The van der Waals surface area contributed by atoms with E-state index >= 15 is 0 Å². The number of nitrogens with zero attached hydrogens (tertiary/aromatic N) is 3. The lowest BCUT2D eigenvalue weighted by Crippen LogP contribution is -2.12. The molecule has 3 aromatic carbocycles. The fraction of sp³-hybridized carbons (Fsp3) is 0. The largest absolute Gasteiger partial charge is 0.263 e. The van der Waals surface area contributed by atoms with Gasteiger partial charge in [-0.05, 0) is 42.5 Å². The molecular formula is C23H15ClN4O2S2. The molecule has 0 amide bonds. The van der Waals surface area contributed by atoms with Crippen molar-refractivity contribution in [3.05, 3.63) is 88.9 Å². The average Bonchev–Trinajstić information content (AvgIpc) is 3.29. The first-order valence-electron chi connectivity index (χ1n) is 9.54. The van der Waals surface area contributed by atoms with Crippen LogP contribution in [0.3, 0.4) is 0 Å². The van der Waals surface area contributed by atoms with E-state index in [1.807, 2.05) is 42.5 Å². The molecule has 0 bridgehead atoms. The Kier molecular flexibility index (Phi) is 5.34. The van der Waals surface area contributed by atoms with Gasteiger partial charge in [0.25, 0.3) is 10.0 Å². The summed E-state index contributed by atoms with van der Waals surface area (Å²) in [5.74, 6) is 0. The van der Waals surface area contributed by atoms with Gasteiger partial charge in [-0.3, -0.25) is 9.71 Å². The zero-order chi connectivity index (χ0) is 22.1. The van der Waals surface area contributed by atoms with Crippen molar-refractivity contribution in [2.75, 3.05) is 4.72 Å². The van der Waals surface area contributed by atoms with Crippen molar-refractivity contribution in [3.63, 3.8) is 0 Å². The van der Waals surface area contributed by atoms with Crippen LogP contribution in [0.2, 0.25) is 5.02 Å². The van der Waals surface area contributed by atoms with Crippen molar-refractivity contribution < 1.29 is 8.42 Å². The Morgan fingerprint density at radius 1 is 0.969 bits per heavy atom. The highest BCUT2D eigenvalue weighted by molar-refractivity contribution is 7.93. The van der Waals surface area contributed by atoms with Crippen LogP contribution in [-0.2, 0) is 10.0 Å². The quantitative estimate of drug-likeness (QED) is 0.246. The number of anilines is 1. The molecule has 9 heteroatoms. The molecule has 158 valence electrons. The second kappa shape index (κ2) is 8.31. The Labute approximate surface area is 193 Å². The SMILES string of the molecule is O=S(=O)(Nc1nccs1)c1ccc(N=Cc2c3ccccc3nc3cc(Cl)ccc23)cc1. The number of benzene rings is 3. The smallest absolute Gasteiger partial charge is 0.256 e. The molecule has 0 atom stereocenters. The van der Waals surface area contributed by atoms with Crippen molar-refractivity contribution in [3.8, 4) is 0 Å². The number of rotatable bonds is 5. The van der Waals surface area contributed by atoms with Crippen LogP contribution >= 0.6 is 22.9 Å². The van der Waals surface area contributed by atoms with E-state index in [2.05, 4.69) is 14.7 Å². The number of nitrogens with one attached hydrogen (secondary N) is 1. The van der Waals surface area contributed by atoms with E-state index in [4.69, 9.17) is 16.6 Å².